The Morgan fingerprint density at radius 3 is 2.35 bits per heavy atom. The zero-order valence-electron chi connectivity index (χ0n) is 13.7. The topological polar surface area (TPSA) is 32.3 Å². The lowest BCUT2D eigenvalue weighted by atomic mass is 9.82. The number of nitrogens with zero attached hydrogens (tertiary/aromatic N) is 1. The molecule has 0 bridgehead atoms. The Morgan fingerprint density at radius 2 is 1.85 bits per heavy atom. The van der Waals surface area contributed by atoms with E-state index in [2.05, 4.69) is 37.9 Å². The van der Waals surface area contributed by atoms with Crippen molar-refractivity contribution in [3.05, 3.63) is 0 Å². The van der Waals surface area contributed by atoms with Crippen molar-refractivity contribution in [2.45, 2.75) is 90.9 Å². The fourth-order valence-electron chi connectivity index (χ4n) is 4.02. The summed E-state index contributed by atoms with van der Waals surface area (Å²) in [6.07, 6.45) is 8.98. The largest absolute Gasteiger partial charge is 0.323 e. The van der Waals surface area contributed by atoms with Gasteiger partial charge in [-0.25, -0.2) is 0 Å². The van der Waals surface area contributed by atoms with Gasteiger partial charge in [0.25, 0.3) is 0 Å². The summed E-state index contributed by atoms with van der Waals surface area (Å²) in [7, 11) is 0. The van der Waals surface area contributed by atoms with Crippen LogP contribution in [0.15, 0.2) is 0 Å². The van der Waals surface area contributed by atoms with E-state index in [1.807, 2.05) is 0 Å². The lowest BCUT2D eigenvalue weighted by molar-refractivity contribution is -0.133. The van der Waals surface area contributed by atoms with Gasteiger partial charge in [-0.15, -0.1) is 0 Å². The van der Waals surface area contributed by atoms with Crippen LogP contribution in [-0.2, 0) is 4.79 Å². The molecule has 20 heavy (non-hydrogen) atoms. The highest BCUT2D eigenvalue weighted by Crippen LogP contribution is 2.33. The molecule has 1 aliphatic carbocycles. The Bertz CT molecular complexity index is 321. The number of carbonyl (C=O) groups is 1. The first kappa shape index (κ1) is 15.8. The molecule has 1 N–H and O–H groups in total. The number of hydrogen-bond donors (Lipinski definition) is 1. The Kier molecular flexibility index (Phi) is 5.48. The second-order valence-corrected chi connectivity index (χ2v) is 7.02. The molecule has 2 aliphatic rings. The number of carbonyl (C=O) groups excluding carboxylic acids is 1. The minimum atomic E-state index is 0.0355. The van der Waals surface area contributed by atoms with Gasteiger partial charge in [-0.1, -0.05) is 40.5 Å². The number of rotatable bonds is 5. The van der Waals surface area contributed by atoms with Crippen molar-refractivity contribution in [2.75, 3.05) is 0 Å². The van der Waals surface area contributed by atoms with Crippen LogP contribution in [0.5, 0.6) is 0 Å². The van der Waals surface area contributed by atoms with Gasteiger partial charge in [-0.2, -0.15) is 0 Å². The molecular weight excluding hydrogens is 248 g/mol. The maximum Gasteiger partial charge on any atom is 0.241 e. The summed E-state index contributed by atoms with van der Waals surface area (Å²) in [4.78, 5) is 14.9. The van der Waals surface area contributed by atoms with Crippen LogP contribution >= 0.6 is 0 Å². The quantitative estimate of drug-likeness (QED) is 0.835. The third-order valence-corrected chi connectivity index (χ3v) is 5.19. The second kappa shape index (κ2) is 6.93. The standard InChI is InChI=1S/C17H32N2O/c1-5-7-13-8-10-14(11-9-13)19-15(6-2)18-16(12(3)4)17(19)20/h12-16,18H,5-11H2,1-4H3. The molecule has 0 spiro atoms. The van der Waals surface area contributed by atoms with E-state index in [9.17, 15) is 4.79 Å². The van der Waals surface area contributed by atoms with Gasteiger partial charge in [-0.05, 0) is 43.9 Å². The van der Waals surface area contributed by atoms with Gasteiger partial charge in [0.05, 0.1) is 12.2 Å². The summed E-state index contributed by atoms with van der Waals surface area (Å²) in [5.74, 6) is 1.65. The molecule has 3 nitrogen and oxygen atoms in total. The normalized spacial score (nSPS) is 35.0. The zero-order valence-corrected chi connectivity index (χ0v) is 13.7. The molecule has 3 heteroatoms. The average molecular weight is 280 g/mol. The van der Waals surface area contributed by atoms with E-state index in [1.54, 1.807) is 0 Å². The van der Waals surface area contributed by atoms with Crippen LogP contribution in [0.4, 0.5) is 0 Å². The molecule has 116 valence electrons. The Morgan fingerprint density at radius 1 is 1.20 bits per heavy atom. The minimum Gasteiger partial charge on any atom is -0.323 e. The summed E-state index contributed by atoms with van der Waals surface area (Å²) >= 11 is 0. The van der Waals surface area contributed by atoms with E-state index in [0.717, 1.165) is 12.3 Å². The first-order valence-electron chi connectivity index (χ1n) is 8.66. The van der Waals surface area contributed by atoms with E-state index >= 15 is 0 Å². The van der Waals surface area contributed by atoms with Crippen LogP contribution in [0.25, 0.3) is 0 Å². The molecule has 0 aromatic heterocycles. The van der Waals surface area contributed by atoms with E-state index in [-0.39, 0.29) is 12.2 Å². The minimum absolute atomic E-state index is 0.0355. The third-order valence-electron chi connectivity index (χ3n) is 5.19. The van der Waals surface area contributed by atoms with Gasteiger partial charge < -0.3 is 4.90 Å². The average Bonchev–Trinajstić information content (AvgIpc) is 2.77. The summed E-state index contributed by atoms with van der Waals surface area (Å²) < 4.78 is 0. The Hall–Kier alpha value is -0.570. The predicted molar refractivity (Wildman–Crippen MR) is 83.3 cm³/mol. The zero-order chi connectivity index (χ0) is 14.7. The molecule has 1 amide bonds. The van der Waals surface area contributed by atoms with Gasteiger partial charge in [0.1, 0.15) is 0 Å². The van der Waals surface area contributed by atoms with E-state index in [0.29, 0.717) is 17.9 Å². The number of nitrogens with one attached hydrogen (secondary N) is 1. The first-order valence-corrected chi connectivity index (χ1v) is 8.66. The lowest BCUT2D eigenvalue weighted by Crippen LogP contribution is -2.46. The smallest absolute Gasteiger partial charge is 0.241 e. The molecule has 2 unspecified atom stereocenters. The summed E-state index contributed by atoms with van der Waals surface area (Å²) in [6, 6.07) is 0.519. The van der Waals surface area contributed by atoms with Crippen molar-refractivity contribution in [3.63, 3.8) is 0 Å². The van der Waals surface area contributed by atoms with Crippen LogP contribution in [0.2, 0.25) is 0 Å². The van der Waals surface area contributed by atoms with Crippen molar-refractivity contribution in [3.8, 4) is 0 Å². The molecule has 0 aromatic rings. The highest BCUT2D eigenvalue weighted by Gasteiger charge is 2.43. The Labute approximate surface area is 124 Å². The lowest BCUT2D eigenvalue weighted by Gasteiger charge is -2.37. The molecule has 1 aliphatic heterocycles. The molecule has 2 atom stereocenters. The summed E-state index contributed by atoms with van der Waals surface area (Å²) in [5.41, 5.74) is 0. The van der Waals surface area contributed by atoms with Crippen LogP contribution < -0.4 is 5.32 Å². The van der Waals surface area contributed by atoms with Crippen molar-refractivity contribution in [2.24, 2.45) is 11.8 Å². The second-order valence-electron chi connectivity index (χ2n) is 7.02. The van der Waals surface area contributed by atoms with Gasteiger partial charge in [0.2, 0.25) is 5.91 Å². The highest BCUT2D eigenvalue weighted by molar-refractivity contribution is 5.85. The fraction of sp³-hybridized carbons (Fsp3) is 0.941. The van der Waals surface area contributed by atoms with Gasteiger partial charge >= 0.3 is 0 Å². The van der Waals surface area contributed by atoms with E-state index < -0.39 is 0 Å². The maximum absolute atomic E-state index is 12.7. The highest BCUT2D eigenvalue weighted by atomic mass is 16.2. The number of amides is 1. The molecule has 1 saturated heterocycles. The van der Waals surface area contributed by atoms with Gasteiger partial charge in [0, 0.05) is 6.04 Å². The van der Waals surface area contributed by atoms with Crippen molar-refractivity contribution in [1.29, 1.82) is 0 Å². The van der Waals surface area contributed by atoms with Crippen LogP contribution in [0.3, 0.4) is 0 Å². The van der Waals surface area contributed by atoms with E-state index in [1.165, 1.54) is 38.5 Å². The van der Waals surface area contributed by atoms with Gasteiger partial charge in [-0.3, -0.25) is 10.1 Å². The van der Waals surface area contributed by atoms with E-state index in [4.69, 9.17) is 0 Å². The van der Waals surface area contributed by atoms with Crippen molar-refractivity contribution >= 4 is 5.91 Å². The van der Waals surface area contributed by atoms with Gasteiger partial charge in [0.15, 0.2) is 0 Å². The molecule has 1 saturated carbocycles. The van der Waals surface area contributed by atoms with Crippen LogP contribution in [0, 0.1) is 11.8 Å². The van der Waals surface area contributed by atoms with Crippen molar-refractivity contribution < 1.29 is 4.79 Å². The van der Waals surface area contributed by atoms with Crippen LogP contribution in [-0.4, -0.2) is 29.1 Å². The number of hydrogen-bond acceptors (Lipinski definition) is 2. The molecule has 1 heterocycles. The summed E-state index contributed by atoms with van der Waals surface area (Å²) in [6.45, 7) is 8.75. The molecule has 2 rings (SSSR count). The Balaban J connectivity index is 1.98. The monoisotopic (exact) mass is 280 g/mol. The first-order chi connectivity index (χ1) is 9.58. The SMILES string of the molecule is CCCC1CCC(N2C(=O)C(C(C)C)NC2CC)CC1. The third kappa shape index (κ3) is 3.19. The fourth-order valence-corrected chi connectivity index (χ4v) is 4.02. The molecular formula is C17H32N2O. The molecule has 2 fully saturated rings. The molecule has 0 aromatic carbocycles. The van der Waals surface area contributed by atoms with Crippen LogP contribution in [0.1, 0.15) is 72.6 Å². The van der Waals surface area contributed by atoms with Crippen molar-refractivity contribution in [1.82, 2.24) is 10.2 Å². The summed E-state index contributed by atoms with van der Waals surface area (Å²) in [5, 5.41) is 3.55. The maximum atomic E-state index is 12.7. The molecule has 0 radical (unpaired) electrons. The predicted octanol–water partition coefficient (Wildman–Crippen LogP) is 3.54.